The number of likely N-dealkylation sites (tertiary alicyclic amines) is 2. The van der Waals surface area contributed by atoms with Crippen LogP contribution in [0.5, 0.6) is 0 Å². The van der Waals surface area contributed by atoms with Gasteiger partial charge in [0.05, 0.1) is 0 Å². The molecule has 7 heteroatoms. The number of nitrogens with one attached hydrogen (secondary N) is 1. The Morgan fingerprint density at radius 1 is 1.03 bits per heavy atom. The quantitative estimate of drug-likeness (QED) is 0.746. The van der Waals surface area contributed by atoms with Gasteiger partial charge in [0, 0.05) is 49.8 Å². The Bertz CT molecular complexity index is 763. The van der Waals surface area contributed by atoms with Crippen LogP contribution in [0, 0.1) is 5.92 Å². The van der Waals surface area contributed by atoms with E-state index in [0.29, 0.717) is 24.1 Å². The summed E-state index contributed by atoms with van der Waals surface area (Å²) < 4.78 is 0. The van der Waals surface area contributed by atoms with Crippen molar-refractivity contribution < 1.29 is 9.59 Å². The predicted molar refractivity (Wildman–Crippen MR) is 114 cm³/mol. The summed E-state index contributed by atoms with van der Waals surface area (Å²) in [5.41, 5.74) is 1.63. The number of amides is 2. The van der Waals surface area contributed by atoms with Gasteiger partial charge in [0.25, 0.3) is 5.91 Å². The summed E-state index contributed by atoms with van der Waals surface area (Å²) in [5, 5.41) is 7.35. The molecule has 1 atom stereocenters. The standard InChI is InChI=1S/C23H35N5O2/c29-22(18-5-3-6-18)28(14-13-26-10-1-2-11-26)19-7-4-12-27(16-19)23(30)21-15-20(24-25-21)17-8-9-17/h15,17-19H,1-14,16H2,(H,24,25). The van der Waals surface area contributed by atoms with Gasteiger partial charge in [0.15, 0.2) is 0 Å². The van der Waals surface area contributed by atoms with Crippen molar-refractivity contribution in [2.24, 2.45) is 5.92 Å². The maximum absolute atomic E-state index is 13.2. The third-order valence-corrected chi connectivity index (χ3v) is 7.55. The molecule has 30 heavy (non-hydrogen) atoms. The largest absolute Gasteiger partial charge is 0.336 e. The van der Waals surface area contributed by atoms with E-state index in [0.717, 1.165) is 64.1 Å². The lowest BCUT2D eigenvalue weighted by Crippen LogP contribution is -2.55. The zero-order valence-corrected chi connectivity index (χ0v) is 18.0. The molecule has 2 aliphatic carbocycles. The number of aromatic amines is 1. The van der Waals surface area contributed by atoms with E-state index in [1.54, 1.807) is 0 Å². The summed E-state index contributed by atoms with van der Waals surface area (Å²) in [6.07, 6.45) is 10.1. The molecule has 164 valence electrons. The molecule has 1 N–H and O–H groups in total. The lowest BCUT2D eigenvalue weighted by Gasteiger charge is -2.42. The summed E-state index contributed by atoms with van der Waals surface area (Å²) in [6, 6.07) is 2.08. The van der Waals surface area contributed by atoms with Crippen LogP contribution in [-0.4, -0.2) is 82.0 Å². The average molecular weight is 414 g/mol. The fraction of sp³-hybridized carbons (Fsp3) is 0.783. The van der Waals surface area contributed by atoms with Crippen molar-refractivity contribution in [1.29, 1.82) is 0 Å². The Morgan fingerprint density at radius 2 is 1.83 bits per heavy atom. The number of aromatic nitrogens is 2. The van der Waals surface area contributed by atoms with Gasteiger partial charge < -0.3 is 14.7 Å². The summed E-state index contributed by atoms with van der Waals surface area (Å²) in [5.74, 6) is 1.12. The van der Waals surface area contributed by atoms with E-state index < -0.39 is 0 Å². The highest BCUT2D eigenvalue weighted by Gasteiger charge is 2.36. The van der Waals surface area contributed by atoms with E-state index in [4.69, 9.17) is 0 Å². The van der Waals surface area contributed by atoms with Crippen molar-refractivity contribution in [3.05, 3.63) is 17.5 Å². The maximum Gasteiger partial charge on any atom is 0.274 e. The van der Waals surface area contributed by atoms with Crippen LogP contribution in [0.2, 0.25) is 0 Å². The first kappa shape index (κ1) is 20.0. The molecule has 1 unspecified atom stereocenters. The molecular weight excluding hydrogens is 378 g/mol. The van der Waals surface area contributed by atoms with Crippen LogP contribution in [-0.2, 0) is 4.79 Å². The zero-order valence-electron chi connectivity index (χ0n) is 18.0. The Kier molecular flexibility index (Phi) is 5.81. The van der Waals surface area contributed by atoms with Crippen LogP contribution in [0.15, 0.2) is 6.07 Å². The van der Waals surface area contributed by atoms with Gasteiger partial charge in [-0.15, -0.1) is 0 Å². The van der Waals surface area contributed by atoms with Gasteiger partial charge in [-0.3, -0.25) is 14.7 Å². The SMILES string of the molecule is O=C(c1cc(C2CC2)[nH]n1)N1CCCC(N(CCN2CCCC2)C(=O)C2CCC2)C1. The monoisotopic (exact) mass is 413 g/mol. The number of rotatable bonds is 7. The van der Waals surface area contributed by atoms with Crippen LogP contribution in [0.1, 0.15) is 79.9 Å². The van der Waals surface area contributed by atoms with E-state index in [1.165, 1.54) is 32.1 Å². The molecule has 2 saturated heterocycles. The van der Waals surface area contributed by atoms with Crippen molar-refractivity contribution in [2.45, 2.75) is 69.7 Å². The molecule has 4 fully saturated rings. The van der Waals surface area contributed by atoms with Crippen LogP contribution in [0.4, 0.5) is 0 Å². The second kappa shape index (κ2) is 8.69. The molecule has 4 aliphatic rings. The summed E-state index contributed by atoms with van der Waals surface area (Å²) in [4.78, 5) is 32.9. The number of hydrogen-bond acceptors (Lipinski definition) is 4. The lowest BCUT2D eigenvalue weighted by atomic mass is 9.83. The second-order valence-corrected chi connectivity index (χ2v) is 9.74. The number of piperidine rings is 1. The van der Waals surface area contributed by atoms with Gasteiger partial charge in [0.1, 0.15) is 5.69 Å². The molecule has 7 nitrogen and oxygen atoms in total. The van der Waals surface area contributed by atoms with Crippen LogP contribution < -0.4 is 0 Å². The van der Waals surface area contributed by atoms with Gasteiger partial charge in [0.2, 0.25) is 5.91 Å². The first-order valence-electron chi connectivity index (χ1n) is 12.1. The molecule has 0 aromatic carbocycles. The first-order valence-corrected chi connectivity index (χ1v) is 12.1. The van der Waals surface area contributed by atoms with Crippen LogP contribution in [0.25, 0.3) is 0 Å². The highest BCUT2D eigenvalue weighted by atomic mass is 16.2. The molecular formula is C23H35N5O2. The first-order chi connectivity index (χ1) is 14.7. The zero-order chi connectivity index (χ0) is 20.5. The highest BCUT2D eigenvalue weighted by Crippen LogP contribution is 2.39. The molecule has 2 amide bonds. The fourth-order valence-electron chi connectivity index (χ4n) is 5.22. The summed E-state index contributed by atoms with van der Waals surface area (Å²) in [6.45, 7) is 5.48. The minimum atomic E-state index is 0.0124. The van der Waals surface area contributed by atoms with Crippen molar-refractivity contribution in [3.63, 3.8) is 0 Å². The van der Waals surface area contributed by atoms with Gasteiger partial charge in [-0.25, -0.2) is 0 Å². The predicted octanol–water partition coefficient (Wildman–Crippen LogP) is 2.62. The molecule has 0 bridgehead atoms. The average Bonchev–Trinajstić information content (AvgIpc) is 3.22. The van der Waals surface area contributed by atoms with Gasteiger partial charge in [-0.05, 0) is 70.5 Å². The van der Waals surface area contributed by atoms with Crippen LogP contribution in [0.3, 0.4) is 0 Å². The van der Waals surface area contributed by atoms with Crippen LogP contribution >= 0.6 is 0 Å². The Labute approximate surface area is 179 Å². The maximum atomic E-state index is 13.2. The minimum Gasteiger partial charge on any atom is -0.336 e. The van der Waals surface area contributed by atoms with Crippen molar-refractivity contribution in [3.8, 4) is 0 Å². The van der Waals surface area contributed by atoms with Gasteiger partial charge >= 0.3 is 0 Å². The van der Waals surface area contributed by atoms with E-state index in [9.17, 15) is 9.59 Å². The second-order valence-electron chi connectivity index (χ2n) is 9.74. The molecule has 1 aromatic heterocycles. The molecule has 5 rings (SSSR count). The number of hydrogen-bond donors (Lipinski definition) is 1. The smallest absolute Gasteiger partial charge is 0.274 e. The number of H-pyrrole nitrogens is 1. The molecule has 0 spiro atoms. The number of nitrogens with zero attached hydrogens (tertiary/aromatic N) is 4. The third-order valence-electron chi connectivity index (χ3n) is 7.55. The molecule has 2 aliphatic heterocycles. The van der Waals surface area contributed by atoms with Crippen molar-refractivity contribution in [1.82, 2.24) is 24.9 Å². The molecule has 0 radical (unpaired) electrons. The van der Waals surface area contributed by atoms with Gasteiger partial charge in [-0.2, -0.15) is 5.10 Å². The number of carbonyl (C=O) groups is 2. The fourth-order valence-corrected chi connectivity index (χ4v) is 5.22. The van der Waals surface area contributed by atoms with Crippen molar-refractivity contribution >= 4 is 11.8 Å². The van der Waals surface area contributed by atoms with Crippen molar-refractivity contribution in [2.75, 3.05) is 39.3 Å². The Balaban J connectivity index is 1.25. The third kappa shape index (κ3) is 4.27. The van der Waals surface area contributed by atoms with E-state index in [-0.39, 0.29) is 17.9 Å². The van der Waals surface area contributed by atoms with E-state index in [1.807, 2.05) is 11.0 Å². The normalized spacial score (nSPS) is 25.3. The topological polar surface area (TPSA) is 72.5 Å². The highest BCUT2D eigenvalue weighted by molar-refractivity contribution is 5.92. The molecule has 1 aromatic rings. The summed E-state index contributed by atoms with van der Waals surface area (Å²) in [7, 11) is 0. The van der Waals surface area contributed by atoms with E-state index in [2.05, 4.69) is 20.0 Å². The van der Waals surface area contributed by atoms with E-state index >= 15 is 0 Å². The lowest BCUT2D eigenvalue weighted by molar-refractivity contribution is -0.141. The van der Waals surface area contributed by atoms with Gasteiger partial charge in [-0.1, -0.05) is 6.42 Å². The molecule has 3 heterocycles. The molecule has 2 saturated carbocycles. The number of carbonyl (C=O) groups excluding carboxylic acids is 2. The minimum absolute atomic E-state index is 0.0124. The Morgan fingerprint density at radius 3 is 2.53 bits per heavy atom. The summed E-state index contributed by atoms with van der Waals surface area (Å²) >= 11 is 0. The Hall–Kier alpha value is -1.89.